The Kier molecular flexibility index (Phi) is 4.40. The number of alkyl halides is 3. The van der Waals surface area contributed by atoms with Gasteiger partial charge < -0.3 is 10.1 Å². The summed E-state index contributed by atoms with van der Waals surface area (Å²) in [6.07, 6.45) is -1.72. The van der Waals surface area contributed by atoms with Gasteiger partial charge in [-0.25, -0.2) is 0 Å². The number of halogens is 4. The quantitative estimate of drug-likeness (QED) is 0.906. The molecule has 1 atom stereocenters. The summed E-state index contributed by atoms with van der Waals surface area (Å²) in [7, 11) is 1.24. The molecule has 1 fully saturated rings. The van der Waals surface area contributed by atoms with Crippen LogP contribution in [0.1, 0.15) is 24.0 Å². The van der Waals surface area contributed by atoms with Gasteiger partial charge in [-0.05, 0) is 59.4 Å². The second-order valence-corrected chi connectivity index (χ2v) is 5.51. The molecule has 1 aromatic rings. The van der Waals surface area contributed by atoms with E-state index in [1.165, 1.54) is 13.2 Å². The molecule has 1 aliphatic rings. The molecule has 1 aliphatic heterocycles. The fraction of sp³-hybridized carbons (Fsp3) is 0.538. The van der Waals surface area contributed by atoms with Crippen molar-refractivity contribution in [2.75, 3.05) is 13.7 Å². The second-order valence-electron chi connectivity index (χ2n) is 4.65. The van der Waals surface area contributed by atoms with Gasteiger partial charge in [0, 0.05) is 6.04 Å². The lowest BCUT2D eigenvalue weighted by molar-refractivity contribution is -0.138. The molecular weight excluding hydrogens is 323 g/mol. The van der Waals surface area contributed by atoms with E-state index in [0.29, 0.717) is 16.5 Å². The van der Waals surface area contributed by atoms with Crippen molar-refractivity contribution in [3.63, 3.8) is 0 Å². The van der Waals surface area contributed by atoms with Crippen molar-refractivity contribution in [2.24, 2.45) is 0 Å². The molecule has 1 unspecified atom stereocenters. The maximum absolute atomic E-state index is 13.0. The Balaban J connectivity index is 2.32. The molecule has 0 amide bonds. The van der Waals surface area contributed by atoms with Gasteiger partial charge in [0.15, 0.2) is 0 Å². The monoisotopic (exact) mass is 337 g/mol. The molecule has 6 heteroatoms. The van der Waals surface area contributed by atoms with Crippen molar-refractivity contribution in [1.82, 2.24) is 5.32 Å². The first kappa shape index (κ1) is 14.7. The third-order valence-electron chi connectivity index (χ3n) is 3.26. The number of methoxy groups -OCH3 is 1. The van der Waals surface area contributed by atoms with Gasteiger partial charge in [-0.15, -0.1) is 0 Å². The Morgan fingerprint density at radius 3 is 2.68 bits per heavy atom. The Bertz CT molecular complexity index is 456. The van der Waals surface area contributed by atoms with Crippen LogP contribution in [0, 0.1) is 0 Å². The number of ether oxygens (including phenoxy) is 1. The zero-order valence-corrected chi connectivity index (χ0v) is 12.1. The maximum Gasteiger partial charge on any atom is 0.420 e. The molecule has 1 heterocycles. The standard InChI is InChI=1S/C13H15BrF3NO/c1-19-12-10(13(15,16)17)6-8(7-11(12)14)5-9-3-2-4-18-9/h6-7,9,18H,2-5H2,1H3. The SMILES string of the molecule is COc1c(Br)cc(CC2CCCN2)cc1C(F)(F)F. The minimum absolute atomic E-state index is 0.157. The van der Waals surface area contributed by atoms with E-state index in [2.05, 4.69) is 21.2 Å². The molecule has 1 N–H and O–H groups in total. The molecule has 2 rings (SSSR count). The summed E-state index contributed by atoms with van der Waals surface area (Å²) < 4.78 is 44.2. The number of hydrogen-bond donors (Lipinski definition) is 1. The van der Waals surface area contributed by atoms with Gasteiger partial charge >= 0.3 is 6.18 Å². The zero-order valence-electron chi connectivity index (χ0n) is 10.5. The molecule has 2 nitrogen and oxygen atoms in total. The van der Waals surface area contributed by atoms with E-state index in [-0.39, 0.29) is 11.8 Å². The largest absolute Gasteiger partial charge is 0.495 e. The van der Waals surface area contributed by atoms with Crippen LogP contribution in [0.15, 0.2) is 16.6 Å². The number of hydrogen-bond acceptors (Lipinski definition) is 2. The lowest BCUT2D eigenvalue weighted by Crippen LogP contribution is -2.23. The van der Waals surface area contributed by atoms with Crippen LogP contribution < -0.4 is 10.1 Å². The highest BCUT2D eigenvalue weighted by molar-refractivity contribution is 9.10. The highest BCUT2D eigenvalue weighted by Gasteiger charge is 2.35. The molecule has 1 aromatic carbocycles. The second kappa shape index (κ2) is 5.71. The minimum atomic E-state index is -4.41. The van der Waals surface area contributed by atoms with Crippen LogP contribution in [-0.4, -0.2) is 19.7 Å². The first-order valence-electron chi connectivity index (χ1n) is 6.09. The third-order valence-corrected chi connectivity index (χ3v) is 3.85. The fourth-order valence-corrected chi connectivity index (χ4v) is 3.07. The molecule has 0 bridgehead atoms. The summed E-state index contributed by atoms with van der Waals surface area (Å²) in [5, 5.41) is 3.28. The van der Waals surface area contributed by atoms with Gasteiger partial charge in [-0.3, -0.25) is 0 Å². The van der Waals surface area contributed by atoms with E-state index in [0.717, 1.165) is 19.4 Å². The number of rotatable bonds is 3. The van der Waals surface area contributed by atoms with E-state index < -0.39 is 11.7 Å². The van der Waals surface area contributed by atoms with Crippen molar-refractivity contribution < 1.29 is 17.9 Å². The highest BCUT2D eigenvalue weighted by Crippen LogP contribution is 2.41. The van der Waals surface area contributed by atoms with Gasteiger partial charge in [0.2, 0.25) is 0 Å². The average Bonchev–Trinajstić information content (AvgIpc) is 2.80. The first-order chi connectivity index (χ1) is 8.91. The van der Waals surface area contributed by atoms with Crippen molar-refractivity contribution in [3.8, 4) is 5.75 Å². The summed E-state index contributed by atoms with van der Waals surface area (Å²) in [6, 6.07) is 3.15. The van der Waals surface area contributed by atoms with Crippen LogP contribution >= 0.6 is 15.9 Å². The van der Waals surface area contributed by atoms with Crippen LogP contribution in [0.3, 0.4) is 0 Å². The van der Waals surface area contributed by atoms with Gasteiger partial charge in [0.05, 0.1) is 17.1 Å². The van der Waals surface area contributed by atoms with Crippen molar-refractivity contribution in [1.29, 1.82) is 0 Å². The maximum atomic E-state index is 13.0. The summed E-state index contributed by atoms with van der Waals surface area (Å²) in [4.78, 5) is 0. The van der Waals surface area contributed by atoms with Crippen LogP contribution in [0.2, 0.25) is 0 Å². The average molecular weight is 338 g/mol. The molecule has 0 saturated carbocycles. The molecular formula is C13H15BrF3NO. The fourth-order valence-electron chi connectivity index (χ4n) is 2.40. The summed E-state index contributed by atoms with van der Waals surface area (Å²) in [6.45, 7) is 0.939. The third kappa shape index (κ3) is 3.42. The van der Waals surface area contributed by atoms with Crippen molar-refractivity contribution >= 4 is 15.9 Å². The summed E-state index contributed by atoms with van der Waals surface area (Å²) in [5.74, 6) is -0.157. The van der Waals surface area contributed by atoms with E-state index >= 15 is 0 Å². The van der Waals surface area contributed by atoms with Crippen LogP contribution in [0.5, 0.6) is 5.75 Å². The number of nitrogens with one attached hydrogen (secondary N) is 1. The van der Waals surface area contributed by atoms with Gasteiger partial charge in [-0.1, -0.05) is 0 Å². The lowest BCUT2D eigenvalue weighted by Gasteiger charge is -2.17. The van der Waals surface area contributed by atoms with Crippen LogP contribution in [0.4, 0.5) is 13.2 Å². The van der Waals surface area contributed by atoms with Gasteiger partial charge in [0.1, 0.15) is 5.75 Å². The predicted molar refractivity (Wildman–Crippen MR) is 70.4 cm³/mol. The highest BCUT2D eigenvalue weighted by atomic mass is 79.9. The molecule has 19 heavy (non-hydrogen) atoms. The van der Waals surface area contributed by atoms with Crippen LogP contribution in [-0.2, 0) is 12.6 Å². The number of benzene rings is 1. The predicted octanol–water partition coefficient (Wildman–Crippen LogP) is 3.77. The Morgan fingerprint density at radius 1 is 1.42 bits per heavy atom. The van der Waals surface area contributed by atoms with E-state index in [1.807, 2.05) is 0 Å². The van der Waals surface area contributed by atoms with Crippen molar-refractivity contribution in [3.05, 3.63) is 27.7 Å². The molecule has 0 radical (unpaired) electrons. The first-order valence-corrected chi connectivity index (χ1v) is 6.88. The van der Waals surface area contributed by atoms with Gasteiger partial charge in [0.25, 0.3) is 0 Å². The Labute approximate surface area is 118 Å². The molecule has 0 aromatic heterocycles. The van der Waals surface area contributed by atoms with E-state index in [9.17, 15) is 13.2 Å². The Morgan fingerprint density at radius 2 is 2.16 bits per heavy atom. The van der Waals surface area contributed by atoms with E-state index in [4.69, 9.17) is 4.74 Å². The van der Waals surface area contributed by atoms with E-state index in [1.54, 1.807) is 6.07 Å². The van der Waals surface area contributed by atoms with Gasteiger partial charge in [-0.2, -0.15) is 13.2 Å². The lowest BCUT2D eigenvalue weighted by atomic mass is 10.0. The normalized spacial score (nSPS) is 19.7. The Hall–Kier alpha value is -0.750. The summed E-state index contributed by atoms with van der Waals surface area (Å²) >= 11 is 3.15. The molecule has 0 aliphatic carbocycles. The molecule has 1 saturated heterocycles. The zero-order chi connectivity index (χ0) is 14.0. The molecule has 0 spiro atoms. The smallest absolute Gasteiger partial charge is 0.420 e. The minimum Gasteiger partial charge on any atom is -0.495 e. The topological polar surface area (TPSA) is 21.3 Å². The van der Waals surface area contributed by atoms with Crippen molar-refractivity contribution in [2.45, 2.75) is 31.5 Å². The molecule has 106 valence electrons. The summed E-state index contributed by atoms with van der Waals surface area (Å²) in [5.41, 5.74) is -0.0585. The van der Waals surface area contributed by atoms with Crippen LogP contribution in [0.25, 0.3) is 0 Å².